The van der Waals surface area contributed by atoms with Gasteiger partial charge in [-0.25, -0.2) is 18.0 Å². The van der Waals surface area contributed by atoms with E-state index < -0.39 is 52.7 Å². The molecule has 0 aliphatic carbocycles. The van der Waals surface area contributed by atoms with E-state index in [1.54, 1.807) is 36.4 Å². The lowest BCUT2D eigenvalue weighted by Crippen LogP contribution is -2.36. The number of esters is 1. The van der Waals surface area contributed by atoms with E-state index in [1.807, 2.05) is 5.32 Å². The van der Waals surface area contributed by atoms with Crippen molar-refractivity contribution in [1.29, 1.82) is 0 Å². The van der Waals surface area contributed by atoms with E-state index in [2.05, 4.69) is 0 Å². The molecule has 4 rings (SSSR count). The molecule has 1 aliphatic heterocycles. The minimum Gasteiger partial charge on any atom is -0.497 e. The molecule has 0 radical (unpaired) electrons. The summed E-state index contributed by atoms with van der Waals surface area (Å²) in [6.45, 7) is -0.763. The molecule has 1 heterocycles. The van der Waals surface area contributed by atoms with Crippen LogP contribution in [0.2, 0.25) is 0 Å². The maximum atomic E-state index is 13.8. The number of benzene rings is 3. The molecule has 3 aromatic rings. The topological polar surface area (TPSA) is 102 Å². The third-order valence-corrected chi connectivity index (χ3v) is 6.11. The van der Waals surface area contributed by atoms with Gasteiger partial charge in [-0.15, -0.1) is 0 Å². The Morgan fingerprint density at radius 3 is 2.24 bits per heavy atom. The third-order valence-electron chi connectivity index (χ3n) is 5.20. The van der Waals surface area contributed by atoms with Gasteiger partial charge in [-0.1, -0.05) is 12.1 Å². The minimum absolute atomic E-state index is 0.0183. The zero-order chi connectivity index (χ0) is 27.4. The summed E-state index contributed by atoms with van der Waals surface area (Å²) in [5.41, 5.74) is 0.192. The molecule has 1 aliphatic rings. The second-order valence-electron chi connectivity index (χ2n) is 7.73. The number of ether oxygens (including phenoxy) is 2. The van der Waals surface area contributed by atoms with Crippen LogP contribution in [0.25, 0.3) is 6.08 Å². The Labute approximate surface area is 218 Å². The molecule has 0 aromatic heterocycles. The molecule has 0 unspecified atom stereocenters. The van der Waals surface area contributed by atoms with Crippen LogP contribution in [-0.2, 0) is 9.59 Å². The van der Waals surface area contributed by atoms with Crippen LogP contribution in [0.3, 0.4) is 0 Å². The molecule has 1 N–H and O–H groups in total. The Balaban J connectivity index is 1.38. The molecule has 1 fully saturated rings. The molecule has 38 heavy (non-hydrogen) atoms. The summed E-state index contributed by atoms with van der Waals surface area (Å²) < 4.78 is 50.6. The fraction of sp³-hybridized carbons (Fsp3) is 0.0769. The van der Waals surface area contributed by atoms with Gasteiger partial charge in [0.1, 0.15) is 18.0 Å². The zero-order valence-corrected chi connectivity index (χ0v) is 20.3. The van der Waals surface area contributed by atoms with Crippen LogP contribution in [0.4, 0.5) is 23.7 Å². The molecule has 3 aromatic carbocycles. The van der Waals surface area contributed by atoms with Crippen molar-refractivity contribution in [3.63, 3.8) is 0 Å². The first-order valence-corrected chi connectivity index (χ1v) is 11.6. The molecule has 194 valence electrons. The van der Waals surface area contributed by atoms with E-state index in [1.165, 1.54) is 25.3 Å². The lowest BCUT2D eigenvalue weighted by Gasteiger charge is -2.13. The molecule has 0 atom stereocenters. The van der Waals surface area contributed by atoms with Gasteiger partial charge in [-0.05, 0) is 71.9 Å². The summed E-state index contributed by atoms with van der Waals surface area (Å²) >= 11 is 0.587. The fourth-order valence-electron chi connectivity index (χ4n) is 3.27. The van der Waals surface area contributed by atoms with Crippen LogP contribution in [0.1, 0.15) is 15.9 Å². The van der Waals surface area contributed by atoms with Gasteiger partial charge in [0.2, 0.25) is 5.91 Å². The smallest absolute Gasteiger partial charge is 0.343 e. The monoisotopic (exact) mass is 542 g/mol. The van der Waals surface area contributed by atoms with E-state index in [0.29, 0.717) is 39.6 Å². The van der Waals surface area contributed by atoms with Gasteiger partial charge in [-0.2, -0.15) is 0 Å². The summed E-state index contributed by atoms with van der Waals surface area (Å²) in [5, 5.41) is 1.26. The molecule has 0 spiro atoms. The number of hydrogen-bond acceptors (Lipinski definition) is 7. The van der Waals surface area contributed by atoms with Crippen molar-refractivity contribution < 1.29 is 41.8 Å². The van der Waals surface area contributed by atoms with Crippen molar-refractivity contribution >= 4 is 46.5 Å². The highest BCUT2D eigenvalue weighted by atomic mass is 32.2. The maximum Gasteiger partial charge on any atom is 0.343 e. The number of rotatable bonds is 7. The summed E-state index contributed by atoms with van der Waals surface area (Å²) in [5.74, 6) is -6.30. The van der Waals surface area contributed by atoms with Crippen molar-refractivity contribution in [2.45, 2.75) is 0 Å². The molecule has 8 nitrogen and oxygen atoms in total. The van der Waals surface area contributed by atoms with Crippen LogP contribution in [-0.4, -0.2) is 41.6 Å². The van der Waals surface area contributed by atoms with Crippen LogP contribution < -0.4 is 14.8 Å². The number of carbonyl (C=O) groups excluding carboxylic acids is 4. The van der Waals surface area contributed by atoms with Crippen molar-refractivity contribution in [1.82, 2.24) is 4.90 Å². The predicted octanol–water partition coefficient (Wildman–Crippen LogP) is 5.01. The molecule has 0 saturated carbocycles. The number of anilines is 1. The molecular weight excluding hydrogens is 525 g/mol. The maximum absolute atomic E-state index is 13.8. The standard InChI is InChI=1S/C26H17F3N2O6S/c1-36-16-8-4-15(5-9-16)25(34)37-17-6-2-14(3-7-17)12-20-24(33)31(26(35)38-20)13-21(32)30-19-11-10-18(27)22(28)23(19)29/h2-12H,13H2,1H3,(H,30,32)/b20-12+. The van der Waals surface area contributed by atoms with Gasteiger partial charge in [-0.3, -0.25) is 19.3 Å². The van der Waals surface area contributed by atoms with Crippen LogP contribution in [0.15, 0.2) is 65.6 Å². The van der Waals surface area contributed by atoms with Gasteiger partial charge in [0, 0.05) is 0 Å². The van der Waals surface area contributed by atoms with E-state index in [4.69, 9.17) is 9.47 Å². The zero-order valence-electron chi connectivity index (χ0n) is 19.5. The van der Waals surface area contributed by atoms with Crippen molar-refractivity contribution in [2.75, 3.05) is 19.0 Å². The molecule has 12 heteroatoms. The van der Waals surface area contributed by atoms with Gasteiger partial charge < -0.3 is 14.8 Å². The summed E-state index contributed by atoms with van der Waals surface area (Å²) in [6, 6.07) is 13.9. The number of carbonyl (C=O) groups is 4. The van der Waals surface area contributed by atoms with E-state index >= 15 is 0 Å². The number of methoxy groups -OCH3 is 1. The average Bonchev–Trinajstić information content (AvgIpc) is 3.17. The normalized spacial score (nSPS) is 14.1. The number of nitrogens with zero attached hydrogens (tertiary/aromatic N) is 1. The molecule has 1 saturated heterocycles. The summed E-state index contributed by atoms with van der Waals surface area (Å²) in [6.07, 6.45) is 1.41. The SMILES string of the molecule is COc1ccc(C(=O)Oc2ccc(/C=C3/SC(=O)N(CC(=O)Nc4ccc(F)c(F)c4F)C3=O)cc2)cc1. The highest BCUT2D eigenvalue weighted by molar-refractivity contribution is 8.18. The first-order chi connectivity index (χ1) is 18.2. The Bertz CT molecular complexity index is 1460. The van der Waals surface area contributed by atoms with Gasteiger partial charge in [0.05, 0.1) is 23.3 Å². The molecule has 0 bridgehead atoms. The van der Waals surface area contributed by atoms with Crippen molar-refractivity contribution in [3.8, 4) is 11.5 Å². The lowest BCUT2D eigenvalue weighted by atomic mass is 10.2. The molecule has 3 amide bonds. The number of thioether (sulfide) groups is 1. The minimum atomic E-state index is -1.77. The largest absolute Gasteiger partial charge is 0.497 e. The first-order valence-electron chi connectivity index (χ1n) is 10.8. The second-order valence-corrected chi connectivity index (χ2v) is 8.72. The van der Waals surface area contributed by atoms with Crippen LogP contribution in [0.5, 0.6) is 11.5 Å². The van der Waals surface area contributed by atoms with E-state index in [-0.39, 0.29) is 10.7 Å². The van der Waals surface area contributed by atoms with Crippen molar-refractivity contribution in [2.24, 2.45) is 0 Å². The second kappa shape index (κ2) is 11.2. The van der Waals surface area contributed by atoms with Crippen LogP contribution >= 0.6 is 11.8 Å². The van der Waals surface area contributed by atoms with Crippen molar-refractivity contribution in [3.05, 3.63) is 94.1 Å². The summed E-state index contributed by atoms with van der Waals surface area (Å²) in [4.78, 5) is 50.1. The number of imide groups is 1. The Morgan fingerprint density at radius 1 is 0.921 bits per heavy atom. The summed E-state index contributed by atoms with van der Waals surface area (Å²) in [7, 11) is 1.51. The van der Waals surface area contributed by atoms with E-state index in [9.17, 15) is 32.3 Å². The average molecular weight is 542 g/mol. The Kier molecular flexibility index (Phi) is 7.82. The molecular formula is C26H17F3N2O6S. The Morgan fingerprint density at radius 2 is 1.58 bits per heavy atom. The predicted molar refractivity (Wildman–Crippen MR) is 132 cm³/mol. The van der Waals surface area contributed by atoms with E-state index in [0.717, 1.165) is 6.07 Å². The number of amides is 3. The highest BCUT2D eigenvalue weighted by Crippen LogP contribution is 2.32. The Hall–Kier alpha value is -4.58. The van der Waals surface area contributed by atoms with Gasteiger partial charge in [0.25, 0.3) is 11.1 Å². The lowest BCUT2D eigenvalue weighted by molar-refractivity contribution is -0.127. The van der Waals surface area contributed by atoms with Gasteiger partial charge in [0.15, 0.2) is 17.5 Å². The highest BCUT2D eigenvalue weighted by Gasteiger charge is 2.36. The number of hydrogen-bond donors (Lipinski definition) is 1. The number of halogens is 3. The quantitative estimate of drug-likeness (QED) is 0.194. The van der Waals surface area contributed by atoms with Gasteiger partial charge >= 0.3 is 5.97 Å². The fourth-order valence-corrected chi connectivity index (χ4v) is 4.11. The van der Waals surface area contributed by atoms with Crippen LogP contribution in [0, 0.1) is 17.5 Å². The number of nitrogens with one attached hydrogen (secondary N) is 1. The first kappa shape index (κ1) is 26.5. The third kappa shape index (κ3) is 5.86.